The monoisotopic (exact) mass is 456 g/mol. The molecule has 0 spiro atoms. The summed E-state index contributed by atoms with van der Waals surface area (Å²) in [7, 11) is 0. The highest BCUT2D eigenvalue weighted by Gasteiger charge is 2.38. The maximum absolute atomic E-state index is 13.3. The molecule has 1 N–H and O–H groups in total. The summed E-state index contributed by atoms with van der Waals surface area (Å²) >= 11 is 0. The van der Waals surface area contributed by atoms with E-state index in [4.69, 9.17) is 4.74 Å². The lowest BCUT2D eigenvalue weighted by Crippen LogP contribution is -2.54. The fourth-order valence-electron chi connectivity index (χ4n) is 3.75. The number of carbonyl (C=O) groups is 4. The summed E-state index contributed by atoms with van der Waals surface area (Å²) in [5, 5.41) is 0.811. The number of imide groups is 1. The van der Waals surface area contributed by atoms with Gasteiger partial charge in [0.05, 0.1) is 11.8 Å². The molecular formula is C26H36N2O5. The molecule has 1 aromatic rings. The Hall–Kier alpha value is -2.96. The first-order valence-corrected chi connectivity index (χ1v) is 11.6. The summed E-state index contributed by atoms with van der Waals surface area (Å²) in [6.45, 7) is 9.27. The van der Waals surface area contributed by atoms with Crippen molar-refractivity contribution in [3.8, 4) is 0 Å². The van der Waals surface area contributed by atoms with E-state index < -0.39 is 41.1 Å². The minimum absolute atomic E-state index is 0.108. The Bertz CT molecular complexity index is 854. The van der Waals surface area contributed by atoms with E-state index in [9.17, 15) is 19.2 Å². The summed E-state index contributed by atoms with van der Waals surface area (Å²) in [4.78, 5) is 50.8. The van der Waals surface area contributed by atoms with Crippen LogP contribution in [0.2, 0.25) is 0 Å². The van der Waals surface area contributed by atoms with E-state index in [1.807, 2.05) is 56.3 Å². The Kier molecular flexibility index (Phi) is 9.38. The predicted molar refractivity (Wildman–Crippen MR) is 126 cm³/mol. The van der Waals surface area contributed by atoms with E-state index in [0.717, 1.165) is 10.6 Å². The molecule has 1 aromatic carbocycles. The van der Waals surface area contributed by atoms with E-state index in [0.29, 0.717) is 12.8 Å². The second-order valence-electron chi connectivity index (χ2n) is 9.88. The smallest absolute Gasteiger partial charge is 0.310 e. The Morgan fingerprint density at radius 3 is 2.21 bits per heavy atom. The minimum atomic E-state index is -0.762. The topological polar surface area (TPSA) is 92.8 Å². The van der Waals surface area contributed by atoms with Crippen LogP contribution in [0.5, 0.6) is 0 Å². The fourth-order valence-corrected chi connectivity index (χ4v) is 3.75. The number of piperidine rings is 1. The lowest BCUT2D eigenvalue weighted by atomic mass is 9.82. The van der Waals surface area contributed by atoms with Gasteiger partial charge in [0.2, 0.25) is 17.7 Å². The average molecular weight is 457 g/mol. The zero-order chi connectivity index (χ0) is 24.6. The van der Waals surface area contributed by atoms with Gasteiger partial charge in [-0.3, -0.25) is 24.6 Å². The molecule has 33 heavy (non-hydrogen) atoms. The maximum Gasteiger partial charge on any atom is 0.310 e. The van der Waals surface area contributed by atoms with Crippen molar-refractivity contribution in [3.05, 3.63) is 42.0 Å². The molecule has 1 aliphatic rings. The largest absolute Gasteiger partial charge is 0.460 e. The van der Waals surface area contributed by atoms with Crippen LogP contribution in [0, 0.1) is 17.8 Å². The highest BCUT2D eigenvalue weighted by Crippen LogP contribution is 2.28. The number of hydrazine groups is 1. The van der Waals surface area contributed by atoms with Gasteiger partial charge < -0.3 is 4.74 Å². The summed E-state index contributed by atoms with van der Waals surface area (Å²) in [6, 6.07) is 9.67. The van der Waals surface area contributed by atoms with Gasteiger partial charge in [-0.2, -0.15) is 5.01 Å². The van der Waals surface area contributed by atoms with Crippen LogP contribution in [-0.2, 0) is 23.9 Å². The molecule has 0 radical (unpaired) electrons. The van der Waals surface area contributed by atoms with Gasteiger partial charge in [0.15, 0.2) is 0 Å². The van der Waals surface area contributed by atoms with Crippen LogP contribution in [-0.4, -0.2) is 34.3 Å². The number of ether oxygens (including phenoxy) is 1. The molecule has 1 saturated heterocycles. The Labute approximate surface area is 196 Å². The van der Waals surface area contributed by atoms with Crippen molar-refractivity contribution in [2.75, 3.05) is 0 Å². The standard InChI is InChI=1S/C26H36N2O5/c1-18(2)17-21(24(31)27-28-22(29)15-10-16-23(28)30)20(25(32)33-26(3,4)5)14-9-13-19-11-7-6-8-12-19/h6-9,11-13,18,20-21H,10,14-17H2,1-5H3,(H,27,31)/t20-,21+/m0/s1. The van der Waals surface area contributed by atoms with Crippen LogP contribution in [0.1, 0.15) is 72.3 Å². The first kappa shape index (κ1) is 26.3. The van der Waals surface area contributed by atoms with Gasteiger partial charge in [0.25, 0.3) is 0 Å². The number of benzene rings is 1. The zero-order valence-corrected chi connectivity index (χ0v) is 20.3. The van der Waals surface area contributed by atoms with Gasteiger partial charge in [-0.05, 0) is 51.5 Å². The van der Waals surface area contributed by atoms with Crippen LogP contribution in [0.4, 0.5) is 0 Å². The normalized spacial score (nSPS) is 16.7. The van der Waals surface area contributed by atoms with Gasteiger partial charge in [0.1, 0.15) is 5.60 Å². The van der Waals surface area contributed by atoms with Gasteiger partial charge >= 0.3 is 5.97 Å². The van der Waals surface area contributed by atoms with E-state index in [-0.39, 0.29) is 25.2 Å². The van der Waals surface area contributed by atoms with Gasteiger partial charge in [-0.25, -0.2) is 0 Å². The van der Waals surface area contributed by atoms with Crippen molar-refractivity contribution in [2.45, 2.75) is 72.3 Å². The average Bonchev–Trinajstić information content (AvgIpc) is 2.72. The van der Waals surface area contributed by atoms with Crippen molar-refractivity contribution in [1.29, 1.82) is 0 Å². The summed E-state index contributed by atoms with van der Waals surface area (Å²) in [5.41, 5.74) is 2.76. The second-order valence-corrected chi connectivity index (χ2v) is 9.88. The first-order chi connectivity index (χ1) is 15.5. The molecule has 2 rings (SSSR count). The molecule has 0 bridgehead atoms. The van der Waals surface area contributed by atoms with E-state index in [2.05, 4.69) is 5.43 Å². The fraction of sp³-hybridized carbons (Fsp3) is 0.538. The van der Waals surface area contributed by atoms with Crippen molar-refractivity contribution < 1.29 is 23.9 Å². The number of hydrogen-bond acceptors (Lipinski definition) is 5. The summed E-state index contributed by atoms with van der Waals surface area (Å²) in [5.74, 6) is -3.27. The van der Waals surface area contributed by atoms with Crippen molar-refractivity contribution in [1.82, 2.24) is 10.4 Å². The van der Waals surface area contributed by atoms with Crippen molar-refractivity contribution in [3.63, 3.8) is 0 Å². The van der Waals surface area contributed by atoms with Crippen LogP contribution in [0.3, 0.4) is 0 Å². The van der Waals surface area contributed by atoms with E-state index >= 15 is 0 Å². The van der Waals surface area contributed by atoms with Crippen LogP contribution < -0.4 is 5.43 Å². The number of nitrogens with one attached hydrogen (secondary N) is 1. The third-order valence-electron chi connectivity index (χ3n) is 5.26. The lowest BCUT2D eigenvalue weighted by molar-refractivity contribution is -0.165. The number of nitrogens with zero attached hydrogens (tertiary/aromatic N) is 1. The number of carbonyl (C=O) groups excluding carboxylic acids is 4. The van der Waals surface area contributed by atoms with Crippen LogP contribution >= 0.6 is 0 Å². The second kappa shape index (κ2) is 11.8. The maximum atomic E-state index is 13.3. The highest BCUT2D eigenvalue weighted by atomic mass is 16.6. The molecule has 1 aliphatic heterocycles. The number of allylic oxidation sites excluding steroid dienone is 1. The first-order valence-electron chi connectivity index (χ1n) is 11.6. The molecule has 0 unspecified atom stereocenters. The number of amides is 3. The molecule has 3 amide bonds. The summed E-state index contributed by atoms with van der Waals surface area (Å²) in [6.07, 6.45) is 5.35. The molecule has 2 atom stereocenters. The highest BCUT2D eigenvalue weighted by molar-refractivity contribution is 5.99. The zero-order valence-electron chi connectivity index (χ0n) is 20.3. The molecule has 0 aliphatic carbocycles. The van der Waals surface area contributed by atoms with Gasteiger partial charge in [-0.1, -0.05) is 56.3 Å². The molecule has 7 heteroatoms. The molecule has 7 nitrogen and oxygen atoms in total. The minimum Gasteiger partial charge on any atom is -0.460 e. The number of hydrogen-bond donors (Lipinski definition) is 1. The molecule has 1 fully saturated rings. The molecule has 1 heterocycles. The quantitative estimate of drug-likeness (QED) is 0.442. The third kappa shape index (κ3) is 8.48. The van der Waals surface area contributed by atoms with E-state index in [1.54, 1.807) is 20.8 Å². The Balaban J connectivity index is 2.29. The third-order valence-corrected chi connectivity index (χ3v) is 5.26. The molecule has 180 valence electrons. The lowest BCUT2D eigenvalue weighted by Gasteiger charge is -2.31. The van der Waals surface area contributed by atoms with E-state index in [1.165, 1.54) is 0 Å². The van der Waals surface area contributed by atoms with Crippen molar-refractivity contribution in [2.24, 2.45) is 17.8 Å². The Morgan fingerprint density at radius 1 is 1.06 bits per heavy atom. The number of esters is 1. The van der Waals surface area contributed by atoms with Crippen LogP contribution in [0.15, 0.2) is 36.4 Å². The predicted octanol–water partition coefficient (Wildman–Crippen LogP) is 4.28. The summed E-state index contributed by atoms with van der Waals surface area (Å²) < 4.78 is 5.65. The molecule has 0 aromatic heterocycles. The Morgan fingerprint density at radius 2 is 1.67 bits per heavy atom. The number of rotatable bonds is 9. The SMILES string of the molecule is CC(C)C[C@@H](C(=O)NN1C(=O)CCCC1=O)[C@H](CC=Cc1ccccc1)C(=O)OC(C)(C)C. The van der Waals surface area contributed by atoms with Gasteiger partial charge in [-0.15, -0.1) is 0 Å². The van der Waals surface area contributed by atoms with Crippen LogP contribution in [0.25, 0.3) is 6.08 Å². The van der Waals surface area contributed by atoms with Crippen molar-refractivity contribution >= 4 is 29.8 Å². The molecule has 0 saturated carbocycles. The molecular weight excluding hydrogens is 420 g/mol. The van der Waals surface area contributed by atoms with Gasteiger partial charge in [0, 0.05) is 12.8 Å².